The molecule has 0 saturated heterocycles. The molecule has 0 aromatic heterocycles. The fourth-order valence-corrected chi connectivity index (χ4v) is 8.97. The van der Waals surface area contributed by atoms with Crippen LogP contribution in [0.4, 0.5) is 0 Å². The summed E-state index contributed by atoms with van der Waals surface area (Å²) in [6, 6.07) is 49.0. The Labute approximate surface area is 185 Å². The molecule has 0 spiro atoms. The Kier molecular flexibility index (Phi) is 5.65. The summed E-state index contributed by atoms with van der Waals surface area (Å²) >= 11 is 0. The summed E-state index contributed by atoms with van der Waals surface area (Å²) in [7, 11) is -1.80. The summed E-state index contributed by atoms with van der Waals surface area (Å²) in [5, 5.41) is 7.05. The molecule has 0 amide bonds. The van der Waals surface area contributed by atoms with Crippen LogP contribution in [0, 0.1) is 0 Å². The van der Waals surface area contributed by atoms with Gasteiger partial charge in [0.2, 0.25) is 0 Å². The largest absolute Gasteiger partial charge is 0.112 e. The molecule has 0 heterocycles. The number of hydrogen-bond donors (Lipinski definition) is 0. The summed E-state index contributed by atoms with van der Waals surface area (Å²) in [6.45, 7) is 0. The molecule has 0 unspecified atom stereocenters. The van der Waals surface area contributed by atoms with Crippen LogP contribution in [0.5, 0.6) is 0 Å². The molecule has 0 saturated carbocycles. The maximum absolute atomic E-state index is 2.33. The van der Waals surface area contributed by atoms with Gasteiger partial charge in [0.1, 0.15) is 23.2 Å². The molecule has 0 aliphatic heterocycles. The van der Waals surface area contributed by atoms with E-state index in [-0.39, 0.29) is 0 Å². The SMILES string of the molecule is c1ccc([P+](CCc2cccc3ccccc23)(c2ccccc2)c2ccccc2)cc1. The monoisotopic (exact) mass is 417 g/mol. The second-order valence-corrected chi connectivity index (χ2v) is 11.5. The molecule has 0 aliphatic carbocycles. The lowest BCUT2D eigenvalue weighted by molar-refractivity contribution is 1.17. The third-order valence-corrected chi connectivity index (χ3v) is 10.6. The summed E-state index contributed by atoms with van der Waals surface area (Å²) < 4.78 is 0. The highest BCUT2D eigenvalue weighted by Gasteiger charge is 2.44. The summed E-state index contributed by atoms with van der Waals surface area (Å²) in [5.41, 5.74) is 1.44. The van der Waals surface area contributed by atoms with Gasteiger partial charge in [-0.3, -0.25) is 0 Å². The van der Waals surface area contributed by atoms with Gasteiger partial charge in [0.05, 0.1) is 6.16 Å². The van der Waals surface area contributed by atoms with E-state index in [9.17, 15) is 0 Å². The van der Waals surface area contributed by atoms with E-state index in [2.05, 4.69) is 133 Å². The molecule has 0 radical (unpaired) electrons. The first-order valence-electron chi connectivity index (χ1n) is 10.9. The Bertz CT molecular complexity index is 1160. The van der Waals surface area contributed by atoms with Crippen LogP contribution in [0.3, 0.4) is 0 Å². The Morgan fingerprint density at radius 1 is 0.419 bits per heavy atom. The summed E-state index contributed by atoms with van der Waals surface area (Å²) in [6.07, 6.45) is 2.16. The first-order valence-corrected chi connectivity index (χ1v) is 12.9. The highest BCUT2D eigenvalue weighted by atomic mass is 31.2. The topological polar surface area (TPSA) is 0 Å². The summed E-state index contributed by atoms with van der Waals surface area (Å²) in [4.78, 5) is 0. The second-order valence-electron chi connectivity index (χ2n) is 7.93. The zero-order valence-corrected chi connectivity index (χ0v) is 18.5. The van der Waals surface area contributed by atoms with E-state index in [0.717, 1.165) is 12.6 Å². The van der Waals surface area contributed by atoms with Crippen molar-refractivity contribution >= 4 is 33.9 Å². The zero-order valence-electron chi connectivity index (χ0n) is 17.6. The molecule has 5 aromatic rings. The van der Waals surface area contributed by atoms with E-state index >= 15 is 0 Å². The zero-order chi connectivity index (χ0) is 20.9. The Balaban J connectivity index is 1.68. The molecule has 0 nitrogen and oxygen atoms in total. The van der Waals surface area contributed by atoms with Crippen LogP contribution in [0.2, 0.25) is 0 Å². The van der Waals surface area contributed by atoms with Crippen LogP contribution in [-0.4, -0.2) is 6.16 Å². The molecular weight excluding hydrogens is 391 g/mol. The van der Waals surface area contributed by atoms with Gasteiger partial charge in [0, 0.05) is 6.42 Å². The molecule has 0 atom stereocenters. The number of benzene rings is 5. The smallest absolute Gasteiger partial charge is 0.0620 e. The molecule has 0 aliphatic rings. The van der Waals surface area contributed by atoms with Crippen molar-refractivity contribution in [3.8, 4) is 0 Å². The van der Waals surface area contributed by atoms with Gasteiger partial charge >= 0.3 is 0 Å². The highest BCUT2D eigenvalue weighted by Crippen LogP contribution is 2.55. The molecule has 5 aromatic carbocycles. The molecule has 1 heteroatoms. The van der Waals surface area contributed by atoms with Gasteiger partial charge in [-0.1, -0.05) is 97.1 Å². The Morgan fingerprint density at radius 2 is 0.871 bits per heavy atom. The van der Waals surface area contributed by atoms with Crippen LogP contribution in [-0.2, 0) is 6.42 Å². The average Bonchev–Trinajstić information content (AvgIpc) is 2.86. The van der Waals surface area contributed by atoms with E-state index < -0.39 is 7.26 Å². The van der Waals surface area contributed by atoms with Crippen molar-refractivity contribution in [2.24, 2.45) is 0 Å². The predicted molar refractivity (Wildman–Crippen MR) is 138 cm³/mol. The minimum absolute atomic E-state index is 1.05. The van der Waals surface area contributed by atoms with Gasteiger partial charge in [0.15, 0.2) is 0 Å². The number of hydrogen-bond acceptors (Lipinski definition) is 0. The standard InChI is InChI=1S/C30H26P/c1-4-16-27(17-5-1)31(28-18-6-2-7-19-28,29-20-8-3-9-21-29)24-23-26-15-12-14-25-13-10-11-22-30(25)26/h1-22H,23-24H2/q+1. The minimum Gasteiger partial charge on any atom is -0.0620 e. The Morgan fingerprint density at radius 3 is 1.42 bits per heavy atom. The lowest BCUT2D eigenvalue weighted by atomic mass is 10.0. The number of fused-ring (bicyclic) bond motifs is 1. The van der Waals surface area contributed by atoms with Crippen molar-refractivity contribution in [2.45, 2.75) is 6.42 Å². The fourth-order valence-electron chi connectivity index (χ4n) is 4.68. The Hall–Kier alpha value is -3.21. The van der Waals surface area contributed by atoms with E-state index in [1.807, 2.05) is 0 Å². The van der Waals surface area contributed by atoms with E-state index in [1.54, 1.807) is 0 Å². The van der Waals surface area contributed by atoms with Crippen LogP contribution < -0.4 is 15.9 Å². The van der Waals surface area contributed by atoms with Gasteiger partial charge in [-0.15, -0.1) is 0 Å². The number of rotatable bonds is 6. The second kappa shape index (κ2) is 8.88. The van der Waals surface area contributed by atoms with Crippen molar-refractivity contribution in [2.75, 3.05) is 6.16 Å². The number of aryl methyl sites for hydroxylation is 1. The summed E-state index contributed by atoms with van der Waals surface area (Å²) in [5.74, 6) is 0. The quantitative estimate of drug-likeness (QED) is 0.281. The van der Waals surface area contributed by atoms with Crippen LogP contribution in [0.25, 0.3) is 10.8 Å². The lowest BCUT2D eigenvalue weighted by Gasteiger charge is -2.28. The van der Waals surface area contributed by atoms with Crippen LogP contribution in [0.15, 0.2) is 133 Å². The van der Waals surface area contributed by atoms with Gasteiger partial charge in [0.25, 0.3) is 0 Å². The molecule has 150 valence electrons. The molecule has 0 N–H and O–H groups in total. The van der Waals surface area contributed by atoms with E-state index in [4.69, 9.17) is 0 Å². The maximum Gasteiger partial charge on any atom is 0.112 e. The predicted octanol–water partition coefficient (Wildman–Crippen LogP) is 6.38. The van der Waals surface area contributed by atoms with E-state index in [1.165, 1.54) is 32.2 Å². The highest BCUT2D eigenvalue weighted by molar-refractivity contribution is 7.95. The third-order valence-electron chi connectivity index (χ3n) is 6.19. The molecule has 5 rings (SSSR count). The van der Waals surface area contributed by atoms with Crippen molar-refractivity contribution in [1.82, 2.24) is 0 Å². The van der Waals surface area contributed by atoms with Gasteiger partial charge < -0.3 is 0 Å². The normalized spacial score (nSPS) is 11.5. The fraction of sp³-hybridized carbons (Fsp3) is 0.0667. The van der Waals surface area contributed by atoms with Crippen molar-refractivity contribution in [3.05, 3.63) is 139 Å². The van der Waals surface area contributed by atoms with Gasteiger partial charge in [-0.25, -0.2) is 0 Å². The minimum atomic E-state index is -1.80. The molecule has 0 fully saturated rings. The molecule has 31 heavy (non-hydrogen) atoms. The molecular formula is C30H26P+. The molecule has 0 bridgehead atoms. The van der Waals surface area contributed by atoms with Gasteiger partial charge in [-0.05, 0) is 52.7 Å². The van der Waals surface area contributed by atoms with Crippen LogP contribution in [0.1, 0.15) is 5.56 Å². The van der Waals surface area contributed by atoms with Crippen molar-refractivity contribution in [1.29, 1.82) is 0 Å². The first-order chi connectivity index (χ1) is 15.4. The lowest BCUT2D eigenvalue weighted by Crippen LogP contribution is -2.34. The van der Waals surface area contributed by atoms with Crippen LogP contribution >= 0.6 is 7.26 Å². The van der Waals surface area contributed by atoms with Gasteiger partial charge in [-0.2, -0.15) is 0 Å². The first kappa shape index (κ1) is 19.7. The van der Waals surface area contributed by atoms with Crippen molar-refractivity contribution in [3.63, 3.8) is 0 Å². The van der Waals surface area contributed by atoms with Crippen molar-refractivity contribution < 1.29 is 0 Å². The average molecular weight is 418 g/mol. The maximum atomic E-state index is 2.33. The third kappa shape index (κ3) is 3.80. The van der Waals surface area contributed by atoms with E-state index in [0.29, 0.717) is 0 Å².